The Morgan fingerprint density at radius 1 is 0.958 bits per heavy atom. The monoisotopic (exact) mass is 385 g/mol. The van der Waals surface area contributed by atoms with Crippen molar-refractivity contribution in [2.24, 2.45) is 5.73 Å². The van der Waals surface area contributed by atoms with Gasteiger partial charge in [0.2, 0.25) is 3.79 Å². The summed E-state index contributed by atoms with van der Waals surface area (Å²) in [4.78, 5) is 12.5. The minimum atomic E-state index is -1.91. The van der Waals surface area contributed by atoms with Gasteiger partial charge in [-0.05, 0) is 18.1 Å². The van der Waals surface area contributed by atoms with E-state index in [1.165, 1.54) is 0 Å². The van der Waals surface area contributed by atoms with Crippen molar-refractivity contribution in [1.29, 1.82) is 0 Å². The molecule has 0 fully saturated rings. The van der Waals surface area contributed by atoms with Crippen LogP contribution in [0.25, 0.3) is 0 Å². The standard InChI is InChI=1S/C18H18Cl3NO2/c1-16(18(19,20)21,13-8-4-2-5-9-13)17(12-22,15(23)24)14-10-6-3-7-11-14/h2-11H,12,22H2,1H3,(H,23,24). The fourth-order valence-corrected chi connectivity index (χ4v) is 3.99. The molecule has 2 rings (SSSR count). The lowest BCUT2D eigenvalue weighted by molar-refractivity contribution is -0.146. The van der Waals surface area contributed by atoms with E-state index in [9.17, 15) is 9.90 Å². The molecule has 6 heteroatoms. The summed E-state index contributed by atoms with van der Waals surface area (Å²) < 4.78 is -1.91. The minimum Gasteiger partial charge on any atom is -0.481 e. The molecule has 24 heavy (non-hydrogen) atoms. The third kappa shape index (κ3) is 2.80. The Labute approximate surface area is 156 Å². The lowest BCUT2D eigenvalue weighted by Gasteiger charge is -2.49. The third-order valence-corrected chi connectivity index (χ3v) is 5.84. The van der Waals surface area contributed by atoms with Crippen LogP contribution in [0.3, 0.4) is 0 Å². The molecule has 3 nitrogen and oxygen atoms in total. The maximum absolute atomic E-state index is 12.5. The van der Waals surface area contributed by atoms with Gasteiger partial charge in [-0.15, -0.1) is 0 Å². The summed E-state index contributed by atoms with van der Waals surface area (Å²) >= 11 is 19.0. The topological polar surface area (TPSA) is 63.3 Å². The predicted octanol–water partition coefficient (Wildman–Crippen LogP) is 4.30. The number of hydrogen-bond acceptors (Lipinski definition) is 2. The first-order valence-corrected chi connectivity index (χ1v) is 8.46. The van der Waals surface area contributed by atoms with Crippen LogP contribution in [0.5, 0.6) is 0 Å². The zero-order chi connectivity index (χ0) is 18.0. The number of aliphatic carboxylic acids is 1. The van der Waals surface area contributed by atoms with Crippen LogP contribution >= 0.6 is 34.8 Å². The van der Waals surface area contributed by atoms with E-state index in [2.05, 4.69) is 0 Å². The van der Waals surface area contributed by atoms with Gasteiger partial charge in [0.15, 0.2) is 0 Å². The maximum atomic E-state index is 12.5. The number of nitrogens with two attached hydrogens (primary N) is 1. The highest BCUT2D eigenvalue weighted by molar-refractivity contribution is 6.68. The van der Waals surface area contributed by atoms with E-state index in [0.717, 1.165) is 0 Å². The highest BCUT2D eigenvalue weighted by Crippen LogP contribution is 2.57. The molecule has 0 saturated heterocycles. The van der Waals surface area contributed by atoms with Crippen LogP contribution in [-0.4, -0.2) is 21.4 Å². The highest BCUT2D eigenvalue weighted by atomic mass is 35.6. The van der Waals surface area contributed by atoms with Gasteiger partial charge < -0.3 is 10.8 Å². The third-order valence-electron chi connectivity index (χ3n) is 4.71. The molecular formula is C18H18Cl3NO2. The average molecular weight is 387 g/mol. The normalized spacial score (nSPS) is 16.9. The van der Waals surface area contributed by atoms with E-state index in [0.29, 0.717) is 11.1 Å². The van der Waals surface area contributed by atoms with Gasteiger partial charge in [0.1, 0.15) is 5.41 Å². The van der Waals surface area contributed by atoms with Crippen LogP contribution in [0.2, 0.25) is 0 Å². The average Bonchev–Trinajstić information content (AvgIpc) is 2.56. The largest absolute Gasteiger partial charge is 0.481 e. The van der Waals surface area contributed by atoms with Crippen LogP contribution in [0.1, 0.15) is 18.1 Å². The molecule has 0 saturated carbocycles. The van der Waals surface area contributed by atoms with Gasteiger partial charge in [-0.25, -0.2) is 0 Å². The summed E-state index contributed by atoms with van der Waals surface area (Å²) in [5.41, 5.74) is 4.04. The van der Waals surface area contributed by atoms with Crippen molar-refractivity contribution in [3.63, 3.8) is 0 Å². The van der Waals surface area contributed by atoms with Crippen LogP contribution < -0.4 is 5.73 Å². The Bertz CT molecular complexity index is 703. The first-order chi connectivity index (χ1) is 11.2. The summed E-state index contributed by atoms with van der Waals surface area (Å²) in [6.07, 6.45) is 0. The summed E-state index contributed by atoms with van der Waals surface area (Å²) in [6, 6.07) is 17.5. The van der Waals surface area contributed by atoms with Gasteiger partial charge in [-0.2, -0.15) is 0 Å². The zero-order valence-electron chi connectivity index (χ0n) is 13.0. The molecule has 0 spiro atoms. The fourth-order valence-electron chi connectivity index (χ4n) is 3.18. The predicted molar refractivity (Wildman–Crippen MR) is 98.9 cm³/mol. The zero-order valence-corrected chi connectivity index (χ0v) is 15.3. The number of halogens is 3. The molecule has 128 valence electrons. The summed E-state index contributed by atoms with van der Waals surface area (Å²) in [7, 11) is 0. The van der Waals surface area contributed by atoms with E-state index >= 15 is 0 Å². The molecule has 0 aromatic heterocycles. The number of carboxylic acids is 1. The van der Waals surface area contributed by atoms with Crippen molar-refractivity contribution < 1.29 is 9.90 Å². The van der Waals surface area contributed by atoms with Crippen LogP contribution in [0.15, 0.2) is 60.7 Å². The first-order valence-electron chi connectivity index (χ1n) is 7.33. The summed E-state index contributed by atoms with van der Waals surface area (Å²) in [5.74, 6) is -1.14. The molecule has 2 aromatic rings. The van der Waals surface area contributed by atoms with E-state index in [1.54, 1.807) is 61.5 Å². The molecule has 0 aliphatic heterocycles. The van der Waals surface area contributed by atoms with E-state index in [4.69, 9.17) is 40.5 Å². The molecule has 0 radical (unpaired) electrons. The number of alkyl halides is 3. The van der Waals surface area contributed by atoms with Gasteiger partial charge in [0, 0.05) is 6.54 Å². The molecule has 0 bridgehead atoms. The Balaban J connectivity index is 2.89. The number of carbonyl (C=O) groups is 1. The molecule has 3 N–H and O–H groups in total. The number of benzene rings is 2. The SMILES string of the molecule is CC(c1ccccc1)(C(Cl)(Cl)Cl)C(CN)(C(=O)O)c1ccccc1. The van der Waals surface area contributed by atoms with Gasteiger partial charge in [-0.1, -0.05) is 95.5 Å². The maximum Gasteiger partial charge on any atom is 0.316 e. The van der Waals surface area contributed by atoms with Crippen molar-refractivity contribution >= 4 is 40.8 Å². The van der Waals surface area contributed by atoms with Crippen LogP contribution in [0, 0.1) is 0 Å². The molecular weight excluding hydrogens is 369 g/mol. The van der Waals surface area contributed by atoms with E-state index in [1.807, 2.05) is 6.07 Å². The molecule has 0 aliphatic carbocycles. The quantitative estimate of drug-likeness (QED) is 0.753. The number of rotatable bonds is 5. The Kier molecular flexibility index (Phi) is 5.50. The van der Waals surface area contributed by atoms with Crippen molar-refractivity contribution in [3.05, 3.63) is 71.8 Å². The van der Waals surface area contributed by atoms with Crippen molar-refractivity contribution in [2.45, 2.75) is 21.5 Å². The second kappa shape index (κ2) is 6.93. The lowest BCUT2D eigenvalue weighted by Crippen LogP contribution is -2.62. The molecule has 0 amide bonds. The number of hydrogen-bond donors (Lipinski definition) is 2. The van der Waals surface area contributed by atoms with Gasteiger partial charge >= 0.3 is 5.97 Å². The van der Waals surface area contributed by atoms with Gasteiger partial charge in [-0.3, -0.25) is 4.79 Å². The van der Waals surface area contributed by atoms with E-state index < -0.39 is 20.6 Å². The number of carboxylic acid groups (broad SMARTS) is 1. The Morgan fingerprint density at radius 3 is 1.71 bits per heavy atom. The van der Waals surface area contributed by atoms with Gasteiger partial charge in [0.25, 0.3) is 0 Å². The van der Waals surface area contributed by atoms with Crippen molar-refractivity contribution in [2.75, 3.05) is 6.54 Å². The molecule has 0 heterocycles. The Hall–Kier alpha value is -1.26. The second-order valence-electron chi connectivity index (χ2n) is 5.77. The van der Waals surface area contributed by atoms with Gasteiger partial charge in [0.05, 0.1) is 5.41 Å². The Morgan fingerprint density at radius 2 is 1.38 bits per heavy atom. The van der Waals surface area contributed by atoms with Crippen LogP contribution in [-0.2, 0) is 15.6 Å². The molecule has 2 aromatic carbocycles. The second-order valence-corrected chi connectivity index (χ2v) is 8.05. The fraction of sp³-hybridized carbons (Fsp3) is 0.278. The smallest absolute Gasteiger partial charge is 0.316 e. The first kappa shape index (κ1) is 19.1. The lowest BCUT2D eigenvalue weighted by atomic mass is 9.58. The molecule has 2 atom stereocenters. The minimum absolute atomic E-state index is 0.231. The summed E-state index contributed by atoms with van der Waals surface area (Å²) in [5, 5.41) is 10.2. The van der Waals surface area contributed by atoms with Crippen molar-refractivity contribution in [1.82, 2.24) is 0 Å². The van der Waals surface area contributed by atoms with E-state index in [-0.39, 0.29) is 6.54 Å². The molecule has 0 aliphatic rings. The highest BCUT2D eigenvalue weighted by Gasteiger charge is 2.64. The van der Waals surface area contributed by atoms with Crippen LogP contribution in [0.4, 0.5) is 0 Å². The molecule has 2 unspecified atom stereocenters. The summed E-state index contributed by atoms with van der Waals surface area (Å²) in [6.45, 7) is 1.40. The van der Waals surface area contributed by atoms with Crippen molar-refractivity contribution in [3.8, 4) is 0 Å².